The van der Waals surface area contributed by atoms with Crippen molar-refractivity contribution < 1.29 is 9.90 Å². The number of rotatable bonds is 9. The van der Waals surface area contributed by atoms with E-state index in [-0.39, 0.29) is 23.6 Å². The summed E-state index contributed by atoms with van der Waals surface area (Å²) in [6.45, 7) is 4.63. The van der Waals surface area contributed by atoms with Crippen molar-refractivity contribution in [2.75, 3.05) is 5.75 Å². The predicted molar refractivity (Wildman–Crippen MR) is 141 cm³/mol. The maximum absolute atomic E-state index is 13.3. The van der Waals surface area contributed by atoms with Crippen molar-refractivity contribution in [1.29, 1.82) is 0 Å². The van der Waals surface area contributed by atoms with Crippen LogP contribution in [0.25, 0.3) is 21.0 Å². The maximum Gasteiger partial charge on any atom is 0.331 e. The van der Waals surface area contributed by atoms with E-state index in [4.69, 9.17) is 5.11 Å². The molecule has 0 radical (unpaired) electrons. The van der Waals surface area contributed by atoms with Crippen LogP contribution in [0, 0.1) is 5.92 Å². The predicted octanol–water partition coefficient (Wildman–Crippen LogP) is 5.12. The van der Waals surface area contributed by atoms with E-state index in [1.165, 1.54) is 34.7 Å². The minimum absolute atomic E-state index is 0.0871. The number of hydrogen-bond acceptors (Lipinski definition) is 5. The SMILES string of the molecule is CC(C)Cn1c(=O)n(C)c(=O)c2c(SCCCC(=O)O)c(Cc3cccc4ccccc34)sc21. The van der Waals surface area contributed by atoms with Crippen molar-refractivity contribution in [2.45, 2.75) is 44.6 Å². The molecule has 6 nitrogen and oxygen atoms in total. The van der Waals surface area contributed by atoms with Gasteiger partial charge in [-0.1, -0.05) is 56.3 Å². The number of fused-ring (bicyclic) bond motifs is 2. The second kappa shape index (κ2) is 10.2. The summed E-state index contributed by atoms with van der Waals surface area (Å²) >= 11 is 3.03. The molecule has 0 spiro atoms. The van der Waals surface area contributed by atoms with Crippen molar-refractivity contribution in [3.05, 3.63) is 73.7 Å². The minimum Gasteiger partial charge on any atom is -0.481 e. The minimum atomic E-state index is -0.826. The molecule has 0 aliphatic carbocycles. The summed E-state index contributed by atoms with van der Waals surface area (Å²) in [7, 11) is 1.53. The molecule has 1 N–H and O–H groups in total. The highest BCUT2D eigenvalue weighted by Crippen LogP contribution is 2.39. The van der Waals surface area contributed by atoms with Gasteiger partial charge in [0.1, 0.15) is 4.83 Å². The Morgan fingerprint density at radius 2 is 1.85 bits per heavy atom. The third-order valence-electron chi connectivity index (χ3n) is 5.76. The van der Waals surface area contributed by atoms with Crippen molar-refractivity contribution in [1.82, 2.24) is 9.13 Å². The first-order valence-corrected chi connectivity index (χ1v) is 13.1. The van der Waals surface area contributed by atoms with Crippen LogP contribution in [0.3, 0.4) is 0 Å². The number of thiophene rings is 1. The van der Waals surface area contributed by atoms with Crippen molar-refractivity contribution in [3.8, 4) is 0 Å². The van der Waals surface area contributed by atoms with Crippen LogP contribution < -0.4 is 11.2 Å². The Labute approximate surface area is 205 Å². The number of nitrogens with zero attached hydrogens (tertiary/aromatic N) is 2. The summed E-state index contributed by atoms with van der Waals surface area (Å²) in [4.78, 5) is 39.9. The zero-order valence-electron chi connectivity index (χ0n) is 19.5. The number of carboxylic acid groups (broad SMARTS) is 1. The molecule has 0 bridgehead atoms. The zero-order chi connectivity index (χ0) is 24.4. The van der Waals surface area contributed by atoms with E-state index in [2.05, 4.69) is 38.1 Å². The first kappa shape index (κ1) is 24.3. The molecule has 0 atom stereocenters. The molecule has 0 fully saturated rings. The van der Waals surface area contributed by atoms with Crippen molar-refractivity contribution in [3.63, 3.8) is 0 Å². The van der Waals surface area contributed by atoms with E-state index in [1.54, 1.807) is 4.57 Å². The van der Waals surface area contributed by atoms with Gasteiger partial charge in [-0.15, -0.1) is 23.1 Å². The highest BCUT2D eigenvalue weighted by molar-refractivity contribution is 7.99. The van der Waals surface area contributed by atoms with Gasteiger partial charge in [-0.3, -0.25) is 18.7 Å². The molecule has 178 valence electrons. The summed E-state index contributed by atoms with van der Waals surface area (Å²) in [5.41, 5.74) is 0.569. The van der Waals surface area contributed by atoms with Gasteiger partial charge in [0.05, 0.1) is 5.39 Å². The topological polar surface area (TPSA) is 81.3 Å². The molecule has 2 heterocycles. The van der Waals surface area contributed by atoms with Gasteiger partial charge in [-0.25, -0.2) is 4.79 Å². The third-order valence-corrected chi connectivity index (χ3v) is 8.33. The summed E-state index contributed by atoms with van der Waals surface area (Å²) in [6, 6.07) is 14.5. The summed E-state index contributed by atoms with van der Waals surface area (Å²) in [5, 5.41) is 11.9. The highest BCUT2D eigenvalue weighted by Gasteiger charge is 2.22. The van der Waals surface area contributed by atoms with Gasteiger partial charge in [-0.05, 0) is 34.4 Å². The zero-order valence-corrected chi connectivity index (χ0v) is 21.2. The lowest BCUT2D eigenvalue weighted by Crippen LogP contribution is -2.38. The molecule has 2 aromatic heterocycles. The van der Waals surface area contributed by atoms with Gasteiger partial charge in [0.15, 0.2) is 0 Å². The lowest BCUT2D eigenvalue weighted by Gasteiger charge is -2.11. The lowest BCUT2D eigenvalue weighted by molar-refractivity contribution is -0.137. The Balaban J connectivity index is 1.89. The number of benzene rings is 2. The normalized spacial score (nSPS) is 11.6. The molecule has 2 aromatic carbocycles. The Morgan fingerprint density at radius 3 is 2.59 bits per heavy atom. The number of hydrogen-bond donors (Lipinski definition) is 1. The molecule has 34 heavy (non-hydrogen) atoms. The fraction of sp³-hybridized carbons (Fsp3) is 0.346. The maximum atomic E-state index is 13.3. The van der Waals surface area contributed by atoms with Crippen LogP contribution in [-0.4, -0.2) is 26.0 Å². The van der Waals surface area contributed by atoms with E-state index >= 15 is 0 Å². The Kier molecular flexibility index (Phi) is 7.28. The van der Waals surface area contributed by atoms with Crippen LogP contribution in [-0.2, 0) is 24.8 Å². The van der Waals surface area contributed by atoms with Gasteiger partial charge >= 0.3 is 11.7 Å². The van der Waals surface area contributed by atoms with E-state index in [9.17, 15) is 14.4 Å². The van der Waals surface area contributed by atoms with Gasteiger partial charge in [-0.2, -0.15) is 0 Å². The smallest absolute Gasteiger partial charge is 0.331 e. The molecule has 0 amide bonds. The summed E-state index contributed by atoms with van der Waals surface area (Å²) in [6.07, 6.45) is 1.24. The van der Waals surface area contributed by atoms with Crippen LogP contribution in [0.15, 0.2) is 56.9 Å². The molecule has 4 aromatic rings. The van der Waals surface area contributed by atoms with Crippen LogP contribution in [0.5, 0.6) is 0 Å². The molecule has 0 aliphatic heterocycles. The van der Waals surface area contributed by atoms with E-state index in [1.807, 2.05) is 18.2 Å². The van der Waals surface area contributed by atoms with E-state index in [0.717, 1.165) is 26.1 Å². The number of carbonyl (C=O) groups is 1. The first-order chi connectivity index (χ1) is 16.3. The Hall–Kier alpha value is -2.84. The number of aromatic nitrogens is 2. The summed E-state index contributed by atoms with van der Waals surface area (Å²) < 4.78 is 2.92. The third kappa shape index (κ3) is 4.83. The van der Waals surface area contributed by atoms with Crippen molar-refractivity contribution in [2.24, 2.45) is 13.0 Å². The summed E-state index contributed by atoms with van der Waals surface area (Å²) in [5.74, 6) is 0.00905. The fourth-order valence-corrected chi connectivity index (χ4v) is 6.79. The first-order valence-electron chi connectivity index (χ1n) is 11.3. The highest BCUT2D eigenvalue weighted by atomic mass is 32.2. The van der Waals surface area contributed by atoms with Gasteiger partial charge in [0, 0.05) is 36.2 Å². The monoisotopic (exact) mass is 496 g/mol. The quantitative estimate of drug-likeness (QED) is 0.257. The number of thioether (sulfide) groups is 1. The van der Waals surface area contributed by atoms with Gasteiger partial charge < -0.3 is 5.11 Å². The largest absolute Gasteiger partial charge is 0.481 e. The Bertz CT molecular complexity index is 1470. The second-order valence-corrected chi connectivity index (χ2v) is 11.0. The van der Waals surface area contributed by atoms with E-state index < -0.39 is 5.97 Å². The Morgan fingerprint density at radius 1 is 1.12 bits per heavy atom. The van der Waals surface area contributed by atoms with E-state index in [0.29, 0.717) is 35.4 Å². The fourth-order valence-electron chi connectivity index (χ4n) is 4.16. The van der Waals surface area contributed by atoms with Gasteiger partial charge in [0.2, 0.25) is 0 Å². The molecule has 8 heteroatoms. The average molecular weight is 497 g/mol. The molecular formula is C26H28N2O4S2. The average Bonchev–Trinajstić information content (AvgIpc) is 3.16. The molecule has 0 unspecified atom stereocenters. The molecular weight excluding hydrogens is 468 g/mol. The van der Waals surface area contributed by atoms with Crippen LogP contribution >= 0.6 is 23.1 Å². The molecule has 0 saturated carbocycles. The molecule has 0 aliphatic rings. The molecule has 4 rings (SSSR count). The number of carboxylic acids is 1. The number of aliphatic carboxylic acids is 1. The van der Waals surface area contributed by atoms with Gasteiger partial charge in [0.25, 0.3) is 5.56 Å². The van der Waals surface area contributed by atoms with Crippen molar-refractivity contribution >= 4 is 50.1 Å². The van der Waals surface area contributed by atoms with Crippen LogP contribution in [0.2, 0.25) is 0 Å². The second-order valence-electron chi connectivity index (χ2n) is 8.85. The van der Waals surface area contributed by atoms with Crippen LogP contribution in [0.4, 0.5) is 0 Å². The lowest BCUT2D eigenvalue weighted by atomic mass is 10.0. The van der Waals surface area contributed by atoms with Crippen LogP contribution in [0.1, 0.15) is 37.1 Å². The molecule has 0 saturated heterocycles. The standard InChI is InChI=1S/C26H28N2O4S2/c1-16(2)15-28-25-22(24(31)27(3)26(28)32)23(33-13-7-12-21(29)30)20(34-25)14-18-10-6-9-17-8-4-5-11-19(17)18/h4-6,8-11,16H,7,12-15H2,1-3H3,(H,29,30).